The van der Waals surface area contributed by atoms with Gasteiger partial charge in [-0.25, -0.2) is 0 Å². The molecule has 0 fully saturated rings. The second-order valence-electron chi connectivity index (χ2n) is 3.30. The zero-order chi connectivity index (χ0) is 8.65. The lowest BCUT2D eigenvalue weighted by atomic mass is 10.2. The second kappa shape index (κ2) is 5.87. The molecule has 1 aliphatic rings. The number of nitrogens with zero attached hydrogens (tertiary/aromatic N) is 1. The Morgan fingerprint density at radius 3 is 2.50 bits per heavy atom. The maximum atomic E-state index is 2.28. The van der Waals surface area contributed by atoms with Crippen molar-refractivity contribution in [3.63, 3.8) is 0 Å². The summed E-state index contributed by atoms with van der Waals surface area (Å²) in [6.45, 7) is 3.44. The Balaban J connectivity index is 2.02. The third-order valence-corrected chi connectivity index (χ3v) is 2.14. The average Bonchev–Trinajstić information content (AvgIpc) is 2.14. The lowest BCUT2D eigenvalue weighted by molar-refractivity contribution is 0.465. The summed E-state index contributed by atoms with van der Waals surface area (Å²) < 4.78 is 0. The summed E-state index contributed by atoms with van der Waals surface area (Å²) >= 11 is 0. The van der Waals surface area contributed by atoms with Crippen LogP contribution in [0.4, 0.5) is 0 Å². The van der Waals surface area contributed by atoms with Crippen molar-refractivity contribution in [2.75, 3.05) is 6.54 Å². The normalized spacial score (nSPS) is 15.6. The van der Waals surface area contributed by atoms with Crippen LogP contribution in [-0.4, -0.2) is 11.4 Å². The maximum absolute atomic E-state index is 2.28. The van der Waals surface area contributed by atoms with E-state index in [4.69, 9.17) is 0 Å². The number of hydrogen-bond donors (Lipinski definition) is 0. The van der Waals surface area contributed by atoms with Crippen LogP contribution >= 0.6 is 0 Å². The molecule has 0 saturated carbocycles. The van der Waals surface area contributed by atoms with Gasteiger partial charge in [-0.1, -0.05) is 38.3 Å². The van der Waals surface area contributed by atoms with Gasteiger partial charge < -0.3 is 4.90 Å². The fourth-order valence-electron chi connectivity index (χ4n) is 1.39. The zero-order valence-corrected chi connectivity index (χ0v) is 8.00. The average molecular weight is 165 g/mol. The van der Waals surface area contributed by atoms with Gasteiger partial charge in [-0.3, -0.25) is 0 Å². The van der Waals surface area contributed by atoms with Crippen molar-refractivity contribution in [1.82, 2.24) is 4.90 Å². The molecule has 0 bridgehead atoms. The molecule has 0 N–H and O–H groups in total. The Labute approximate surface area is 75.8 Å². The molecule has 1 aliphatic heterocycles. The summed E-state index contributed by atoms with van der Waals surface area (Å²) in [5, 5.41) is 0. The van der Waals surface area contributed by atoms with Crippen LogP contribution in [0.25, 0.3) is 0 Å². The fraction of sp³-hybridized carbons (Fsp3) is 0.636. The summed E-state index contributed by atoms with van der Waals surface area (Å²) in [6.07, 6.45) is 15.3. The van der Waals surface area contributed by atoms with E-state index < -0.39 is 0 Å². The first-order valence-corrected chi connectivity index (χ1v) is 5.02. The van der Waals surface area contributed by atoms with Gasteiger partial charge >= 0.3 is 0 Å². The molecule has 68 valence electrons. The molecule has 0 aliphatic carbocycles. The van der Waals surface area contributed by atoms with Gasteiger partial charge in [-0.2, -0.15) is 0 Å². The van der Waals surface area contributed by atoms with E-state index in [1.54, 1.807) is 0 Å². The minimum Gasteiger partial charge on any atom is -0.355 e. The van der Waals surface area contributed by atoms with Crippen molar-refractivity contribution in [3.05, 3.63) is 24.6 Å². The highest BCUT2D eigenvalue weighted by Gasteiger charge is 1.96. The molecule has 0 unspecified atom stereocenters. The standard InChI is InChI=1S/C11H19N/c1-2-3-4-6-9-12-10-7-5-8-11-12/h7-8,10-11H,2-6,9H2,1H3. The van der Waals surface area contributed by atoms with Crippen molar-refractivity contribution < 1.29 is 0 Å². The van der Waals surface area contributed by atoms with E-state index in [1.807, 2.05) is 0 Å². The molecular weight excluding hydrogens is 146 g/mol. The van der Waals surface area contributed by atoms with Gasteiger partial charge in [-0.05, 0) is 25.2 Å². The van der Waals surface area contributed by atoms with Crippen LogP contribution in [-0.2, 0) is 0 Å². The number of rotatable bonds is 5. The SMILES string of the molecule is CCCCCCN1C=CCC=C1. The molecule has 0 aromatic heterocycles. The van der Waals surface area contributed by atoms with E-state index in [-0.39, 0.29) is 0 Å². The molecule has 1 rings (SSSR count). The van der Waals surface area contributed by atoms with E-state index in [2.05, 4.69) is 36.4 Å². The van der Waals surface area contributed by atoms with Gasteiger partial charge in [0.1, 0.15) is 0 Å². The molecule has 0 radical (unpaired) electrons. The van der Waals surface area contributed by atoms with Crippen molar-refractivity contribution >= 4 is 0 Å². The highest BCUT2D eigenvalue weighted by atomic mass is 15.1. The van der Waals surface area contributed by atoms with Gasteiger partial charge in [0.25, 0.3) is 0 Å². The van der Waals surface area contributed by atoms with E-state index in [1.165, 1.54) is 32.2 Å². The molecule has 0 spiro atoms. The van der Waals surface area contributed by atoms with Crippen molar-refractivity contribution in [3.8, 4) is 0 Å². The van der Waals surface area contributed by atoms with Crippen LogP contribution in [0.3, 0.4) is 0 Å². The van der Waals surface area contributed by atoms with Gasteiger partial charge in [0.2, 0.25) is 0 Å². The first kappa shape index (κ1) is 9.37. The highest BCUT2D eigenvalue weighted by molar-refractivity contribution is 5.01. The Hall–Kier alpha value is -0.720. The van der Waals surface area contributed by atoms with Crippen LogP contribution < -0.4 is 0 Å². The molecule has 0 aromatic carbocycles. The molecule has 1 nitrogen and oxygen atoms in total. The molecule has 0 aromatic rings. The van der Waals surface area contributed by atoms with Crippen LogP contribution in [0.2, 0.25) is 0 Å². The first-order chi connectivity index (χ1) is 5.93. The van der Waals surface area contributed by atoms with Crippen LogP contribution in [0.15, 0.2) is 24.6 Å². The summed E-state index contributed by atoms with van der Waals surface area (Å²) in [5.41, 5.74) is 0. The summed E-state index contributed by atoms with van der Waals surface area (Å²) in [7, 11) is 0. The van der Waals surface area contributed by atoms with Crippen LogP contribution in [0, 0.1) is 0 Å². The number of hydrogen-bond acceptors (Lipinski definition) is 1. The van der Waals surface area contributed by atoms with Crippen molar-refractivity contribution in [1.29, 1.82) is 0 Å². The highest BCUT2D eigenvalue weighted by Crippen LogP contribution is 2.06. The van der Waals surface area contributed by atoms with E-state index in [0.29, 0.717) is 0 Å². The molecule has 12 heavy (non-hydrogen) atoms. The summed E-state index contributed by atoms with van der Waals surface area (Å²) in [5.74, 6) is 0. The molecule has 0 amide bonds. The molecule has 0 saturated heterocycles. The van der Waals surface area contributed by atoms with Crippen molar-refractivity contribution in [2.24, 2.45) is 0 Å². The number of unbranched alkanes of at least 4 members (excludes halogenated alkanes) is 3. The second-order valence-corrected chi connectivity index (χ2v) is 3.30. The Morgan fingerprint density at radius 2 is 1.83 bits per heavy atom. The molecule has 0 atom stereocenters. The van der Waals surface area contributed by atoms with Gasteiger partial charge in [0, 0.05) is 6.54 Å². The number of allylic oxidation sites excluding steroid dienone is 2. The van der Waals surface area contributed by atoms with E-state index >= 15 is 0 Å². The molecule has 1 heteroatoms. The fourth-order valence-corrected chi connectivity index (χ4v) is 1.39. The zero-order valence-electron chi connectivity index (χ0n) is 8.00. The predicted octanol–water partition coefficient (Wildman–Crippen LogP) is 3.30. The van der Waals surface area contributed by atoms with Crippen LogP contribution in [0.1, 0.15) is 39.0 Å². The summed E-state index contributed by atoms with van der Waals surface area (Å²) in [4.78, 5) is 2.28. The van der Waals surface area contributed by atoms with Gasteiger partial charge in [0.15, 0.2) is 0 Å². The third kappa shape index (κ3) is 3.61. The van der Waals surface area contributed by atoms with E-state index in [0.717, 1.165) is 6.42 Å². The lowest BCUT2D eigenvalue weighted by Gasteiger charge is -2.17. The summed E-state index contributed by atoms with van der Waals surface area (Å²) in [6, 6.07) is 0. The van der Waals surface area contributed by atoms with Gasteiger partial charge in [0.05, 0.1) is 0 Å². The Morgan fingerprint density at radius 1 is 1.08 bits per heavy atom. The monoisotopic (exact) mass is 165 g/mol. The molecular formula is C11H19N. The third-order valence-electron chi connectivity index (χ3n) is 2.14. The largest absolute Gasteiger partial charge is 0.355 e. The van der Waals surface area contributed by atoms with Gasteiger partial charge in [-0.15, -0.1) is 0 Å². The quantitative estimate of drug-likeness (QED) is 0.565. The minimum atomic E-state index is 1.10. The Bertz CT molecular complexity index is 146. The Kier molecular flexibility index (Phi) is 4.58. The lowest BCUT2D eigenvalue weighted by Crippen LogP contribution is -2.12. The molecule has 1 heterocycles. The minimum absolute atomic E-state index is 1.10. The van der Waals surface area contributed by atoms with Crippen LogP contribution in [0.5, 0.6) is 0 Å². The first-order valence-electron chi connectivity index (χ1n) is 5.02. The smallest absolute Gasteiger partial charge is 0.0219 e. The maximum Gasteiger partial charge on any atom is 0.0219 e. The predicted molar refractivity (Wildman–Crippen MR) is 53.7 cm³/mol. The topological polar surface area (TPSA) is 3.24 Å². The van der Waals surface area contributed by atoms with E-state index in [9.17, 15) is 0 Å². The van der Waals surface area contributed by atoms with Crippen molar-refractivity contribution in [2.45, 2.75) is 39.0 Å².